The number of fused-ring (bicyclic) bond motifs is 1. The van der Waals surface area contributed by atoms with Gasteiger partial charge in [0.05, 0.1) is 0 Å². The first-order chi connectivity index (χ1) is 14.0. The first kappa shape index (κ1) is 19.6. The van der Waals surface area contributed by atoms with Crippen LogP contribution in [0.15, 0.2) is 48.0 Å². The standard InChI is InChI=1S/C21H23N3O4S/c25-19(26)14-24-13-17(16-5-1-2-6-18(16)24)20(21(27)28)23-9-7-22(8-10-23)12-15-4-3-11-29-15/h1-6,11,13,20H,7-10,12,14H2,(H,25,26)(H,27,28)/t20-/m1/s1. The number of piperazine rings is 1. The molecule has 0 saturated carbocycles. The highest BCUT2D eigenvalue weighted by Crippen LogP contribution is 2.31. The van der Waals surface area contributed by atoms with Crippen LogP contribution in [0.25, 0.3) is 10.9 Å². The van der Waals surface area contributed by atoms with Crippen LogP contribution in [-0.2, 0) is 22.7 Å². The van der Waals surface area contributed by atoms with Crippen molar-refractivity contribution in [1.29, 1.82) is 0 Å². The number of aliphatic carboxylic acids is 2. The van der Waals surface area contributed by atoms with Crippen LogP contribution >= 0.6 is 11.3 Å². The van der Waals surface area contributed by atoms with Gasteiger partial charge in [0.2, 0.25) is 0 Å². The summed E-state index contributed by atoms with van der Waals surface area (Å²) >= 11 is 1.73. The monoisotopic (exact) mass is 413 g/mol. The van der Waals surface area contributed by atoms with Crippen LogP contribution in [0.3, 0.4) is 0 Å². The minimum absolute atomic E-state index is 0.193. The molecular weight excluding hydrogens is 390 g/mol. The van der Waals surface area contributed by atoms with E-state index in [9.17, 15) is 19.8 Å². The average molecular weight is 413 g/mol. The summed E-state index contributed by atoms with van der Waals surface area (Å²) in [5, 5.41) is 22.1. The molecule has 1 fully saturated rings. The van der Waals surface area contributed by atoms with E-state index in [-0.39, 0.29) is 6.54 Å². The van der Waals surface area contributed by atoms with Crippen LogP contribution in [0.4, 0.5) is 0 Å². The third-order valence-electron chi connectivity index (χ3n) is 5.39. The zero-order valence-electron chi connectivity index (χ0n) is 15.9. The molecule has 3 heterocycles. The van der Waals surface area contributed by atoms with Crippen LogP contribution in [0.2, 0.25) is 0 Å². The van der Waals surface area contributed by atoms with Crippen molar-refractivity contribution < 1.29 is 19.8 Å². The first-order valence-corrected chi connectivity index (χ1v) is 10.4. The van der Waals surface area contributed by atoms with Gasteiger partial charge in [-0.2, -0.15) is 0 Å². The summed E-state index contributed by atoms with van der Waals surface area (Å²) in [6.45, 7) is 3.61. The van der Waals surface area contributed by atoms with E-state index in [4.69, 9.17) is 0 Å². The fraction of sp³-hybridized carbons (Fsp3) is 0.333. The molecular formula is C21H23N3O4S. The number of nitrogens with zero attached hydrogens (tertiary/aromatic N) is 3. The Morgan fingerprint density at radius 1 is 1.03 bits per heavy atom. The molecule has 1 aromatic carbocycles. The Morgan fingerprint density at radius 3 is 2.45 bits per heavy atom. The molecule has 29 heavy (non-hydrogen) atoms. The van der Waals surface area contributed by atoms with Crippen molar-refractivity contribution in [1.82, 2.24) is 14.4 Å². The summed E-state index contributed by atoms with van der Waals surface area (Å²) in [5.41, 5.74) is 1.40. The average Bonchev–Trinajstić information content (AvgIpc) is 3.32. The number of hydrogen-bond donors (Lipinski definition) is 2. The van der Waals surface area contributed by atoms with Crippen LogP contribution in [-0.4, -0.2) is 62.7 Å². The predicted octanol–water partition coefficient (Wildman–Crippen LogP) is 2.73. The maximum absolute atomic E-state index is 12.2. The summed E-state index contributed by atoms with van der Waals surface area (Å²) in [6.07, 6.45) is 1.69. The third kappa shape index (κ3) is 4.19. The zero-order valence-corrected chi connectivity index (χ0v) is 16.7. The number of rotatable bonds is 7. The van der Waals surface area contributed by atoms with E-state index >= 15 is 0 Å². The molecule has 7 nitrogen and oxygen atoms in total. The van der Waals surface area contributed by atoms with Gasteiger partial charge < -0.3 is 14.8 Å². The molecule has 0 spiro atoms. The Balaban J connectivity index is 1.57. The SMILES string of the molecule is O=C(O)Cn1cc([C@H](C(=O)O)N2CCN(Cc3cccs3)CC2)c2ccccc21. The Bertz CT molecular complexity index is 1010. The topological polar surface area (TPSA) is 86.0 Å². The van der Waals surface area contributed by atoms with Crippen molar-refractivity contribution in [2.75, 3.05) is 26.2 Å². The lowest BCUT2D eigenvalue weighted by Gasteiger charge is -2.37. The van der Waals surface area contributed by atoms with Gasteiger partial charge in [0.15, 0.2) is 0 Å². The van der Waals surface area contributed by atoms with E-state index in [1.165, 1.54) is 4.88 Å². The minimum atomic E-state index is -0.952. The van der Waals surface area contributed by atoms with E-state index in [1.54, 1.807) is 22.1 Å². The van der Waals surface area contributed by atoms with Crippen LogP contribution in [0.5, 0.6) is 0 Å². The number of carbonyl (C=O) groups is 2. The number of carboxylic acid groups (broad SMARTS) is 2. The highest BCUT2D eigenvalue weighted by atomic mass is 32.1. The maximum Gasteiger partial charge on any atom is 0.325 e. The van der Waals surface area contributed by atoms with Crippen molar-refractivity contribution >= 4 is 34.2 Å². The molecule has 0 amide bonds. The normalized spacial score (nSPS) is 16.8. The second kappa shape index (κ2) is 8.36. The summed E-state index contributed by atoms with van der Waals surface area (Å²) in [5.74, 6) is -1.86. The van der Waals surface area contributed by atoms with Crippen LogP contribution in [0, 0.1) is 0 Å². The summed E-state index contributed by atoms with van der Waals surface area (Å²) in [7, 11) is 0. The molecule has 1 aliphatic rings. The molecule has 152 valence electrons. The van der Waals surface area contributed by atoms with Crippen LogP contribution < -0.4 is 0 Å². The van der Waals surface area contributed by atoms with Crippen molar-refractivity contribution in [3.63, 3.8) is 0 Å². The fourth-order valence-electron chi connectivity index (χ4n) is 4.06. The second-order valence-electron chi connectivity index (χ2n) is 7.26. The van der Waals surface area contributed by atoms with Gasteiger partial charge in [-0.3, -0.25) is 19.4 Å². The number of benzene rings is 1. The number of aromatic nitrogens is 1. The van der Waals surface area contributed by atoms with Crippen molar-refractivity contribution in [2.45, 2.75) is 19.1 Å². The molecule has 0 unspecified atom stereocenters. The molecule has 1 atom stereocenters. The minimum Gasteiger partial charge on any atom is -0.480 e. The van der Waals surface area contributed by atoms with Gasteiger partial charge in [0, 0.05) is 60.3 Å². The Hall–Kier alpha value is -2.68. The van der Waals surface area contributed by atoms with Gasteiger partial charge in [-0.1, -0.05) is 24.3 Å². The van der Waals surface area contributed by atoms with Crippen molar-refractivity contribution in [3.8, 4) is 0 Å². The van der Waals surface area contributed by atoms with Gasteiger partial charge in [-0.15, -0.1) is 11.3 Å². The van der Waals surface area contributed by atoms with Gasteiger partial charge in [0.25, 0.3) is 0 Å². The molecule has 0 aliphatic carbocycles. The largest absolute Gasteiger partial charge is 0.480 e. The Kier molecular flexibility index (Phi) is 5.66. The van der Waals surface area contributed by atoms with Gasteiger partial charge in [0.1, 0.15) is 12.6 Å². The molecule has 8 heteroatoms. The maximum atomic E-state index is 12.2. The second-order valence-corrected chi connectivity index (χ2v) is 8.29. The highest BCUT2D eigenvalue weighted by molar-refractivity contribution is 7.09. The molecule has 3 aromatic rings. The highest BCUT2D eigenvalue weighted by Gasteiger charge is 2.32. The van der Waals surface area contributed by atoms with E-state index in [0.717, 1.165) is 30.5 Å². The zero-order chi connectivity index (χ0) is 20.4. The van der Waals surface area contributed by atoms with Crippen molar-refractivity contribution in [3.05, 3.63) is 58.4 Å². The predicted molar refractivity (Wildman–Crippen MR) is 111 cm³/mol. The first-order valence-electron chi connectivity index (χ1n) is 9.54. The lowest BCUT2D eigenvalue weighted by atomic mass is 10.0. The number of thiophene rings is 1. The summed E-state index contributed by atoms with van der Waals surface area (Å²) in [6, 6.07) is 10.8. The Labute approximate surface area is 172 Å². The van der Waals surface area contributed by atoms with Gasteiger partial charge in [-0.05, 0) is 17.5 Å². The molecule has 2 N–H and O–H groups in total. The number of para-hydroxylation sites is 1. The van der Waals surface area contributed by atoms with Gasteiger partial charge in [-0.25, -0.2) is 0 Å². The van der Waals surface area contributed by atoms with Gasteiger partial charge >= 0.3 is 11.9 Å². The molecule has 0 bridgehead atoms. The fourth-order valence-corrected chi connectivity index (χ4v) is 4.80. The molecule has 1 saturated heterocycles. The molecule has 1 aliphatic heterocycles. The lowest BCUT2D eigenvalue weighted by Crippen LogP contribution is -2.48. The molecule has 2 aromatic heterocycles. The number of carboxylic acids is 2. The molecule has 0 radical (unpaired) electrons. The Morgan fingerprint density at radius 2 is 1.79 bits per heavy atom. The number of hydrogen-bond acceptors (Lipinski definition) is 5. The van der Waals surface area contributed by atoms with Crippen molar-refractivity contribution in [2.24, 2.45) is 0 Å². The summed E-state index contributed by atoms with van der Waals surface area (Å²) < 4.78 is 1.62. The quantitative estimate of drug-likeness (QED) is 0.620. The van der Waals surface area contributed by atoms with E-state index < -0.39 is 18.0 Å². The van der Waals surface area contributed by atoms with E-state index in [0.29, 0.717) is 18.7 Å². The van der Waals surface area contributed by atoms with Crippen LogP contribution in [0.1, 0.15) is 16.5 Å². The van der Waals surface area contributed by atoms with E-state index in [2.05, 4.69) is 16.3 Å². The molecule has 4 rings (SSSR count). The smallest absolute Gasteiger partial charge is 0.325 e. The van der Waals surface area contributed by atoms with E-state index in [1.807, 2.05) is 35.2 Å². The third-order valence-corrected chi connectivity index (χ3v) is 6.25. The summed E-state index contributed by atoms with van der Waals surface area (Å²) in [4.78, 5) is 29.1. The lowest BCUT2D eigenvalue weighted by molar-refractivity contribution is -0.144.